The highest BCUT2D eigenvalue weighted by atomic mass is 32.2. The third kappa shape index (κ3) is 4.53. The van der Waals surface area contributed by atoms with Crippen LogP contribution in [0.4, 0.5) is 0 Å². The minimum atomic E-state index is -3.29. The number of nitrogens with one attached hydrogen (secondary N) is 1. The van der Waals surface area contributed by atoms with Crippen LogP contribution >= 0.6 is 0 Å². The molecule has 1 fully saturated rings. The SMILES string of the molecule is CCC1(CNS(=O)(=O)Cc2cccc(CN)c2)CCCC1. The van der Waals surface area contributed by atoms with Crippen molar-refractivity contribution in [1.82, 2.24) is 4.72 Å². The maximum Gasteiger partial charge on any atom is 0.215 e. The molecule has 1 saturated carbocycles. The van der Waals surface area contributed by atoms with Gasteiger partial charge in [-0.05, 0) is 35.8 Å². The lowest BCUT2D eigenvalue weighted by atomic mass is 9.84. The fourth-order valence-corrected chi connectivity index (χ4v) is 4.41. The Morgan fingerprint density at radius 3 is 2.52 bits per heavy atom. The van der Waals surface area contributed by atoms with Crippen LogP contribution in [0.15, 0.2) is 24.3 Å². The van der Waals surface area contributed by atoms with E-state index in [0.29, 0.717) is 13.1 Å². The molecule has 0 amide bonds. The molecule has 0 spiro atoms. The summed E-state index contributed by atoms with van der Waals surface area (Å²) in [4.78, 5) is 0. The monoisotopic (exact) mass is 310 g/mol. The van der Waals surface area contributed by atoms with Crippen molar-refractivity contribution in [1.29, 1.82) is 0 Å². The van der Waals surface area contributed by atoms with Gasteiger partial charge in [0, 0.05) is 13.1 Å². The quantitative estimate of drug-likeness (QED) is 0.813. The second kappa shape index (κ2) is 6.90. The zero-order valence-corrected chi connectivity index (χ0v) is 13.6. The van der Waals surface area contributed by atoms with Crippen LogP contribution < -0.4 is 10.5 Å². The highest BCUT2D eigenvalue weighted by molar-refractivity contribution is 7.88. The van der Waals surface area contributed by atoms with E-state index < -0.39 is 10.0 Å². The smallest absolute Gasteiger partial charge is 0.215 e. The van der Waals surface area contributed by atoms with E-state index in [1.807, 2.05) is 24.3 Å². The molecule has 0 bridgehead atoms. The average molecular weight is 310 g/mol. The molecule has 1 aromatic carbocycles. The Balaban J connectivity index is 1.98. The number of sulfonamides is 1. The van der Waals surface area contributed by atoms with Crippen LogP contribution in [0, 0.1) is 5.41 Å². The molecule has 2 rings (SSSR count). The van der Waals surface area contributed by atoms with Crippen molar-refractivity contribution < 1.29 is 8.42 Å². The first-order valence-electron chi connectivity index (χ1n) is 7.74. The van der Waals surface area contributed by atoms with Crippen LogP contribution in [0.25, 0.3) is 0 Å². The molecule has 0 saturated heterocycles. The van der Waals surface area contributed by atoms with Crippen molar-refractivity contribution in [2.24, 2.45) is 11.1 Å². The maximum absolute atomic E-state index is 12.3. The van der Waals surface area contributed by atoms with Crippen molar-refractivity contribution in [3.63, 3.8) is 0 Å². The molecule has 0 aliphatic heterocycles. The van der Waals surface area contributed by atoms with Crippen LogP contribution in [-0.4, -0.2) is 15.0 Å². The fraction of sp³-hybridized carbons (Fsp3) is 0.625. The Kier molecular flexibility index (Phi) is 5.41. The Morgan fingerprint density at radius 1 is 1.24 bits per heavy atom. The predicted octanol–water partition coefficient (Wildman–Crippen LogP) is 2.54. The van der Waals surface area contributed by atoms with Gasteiger partial charge in [-0.3, -0.25) is 0 Å². The number of rotatable bonds is 7. The minimum Gasteiger partial charge on any atom is -0.326 e. The van der Waals surface area contributed by atoms with Crippen LogP contribution in [0.3, 0.4) is 0 Å². The molecular formula is C16H26N2O2S. The summed E-state index contributed by atoms with van der Waals surface area (Å²) < 4.78 is 27.4. The topological polar surface area (TPSA) is 72.2 Å². The zero-order valence-electron chi connectivity index (χ0n) is 12.8. The molecule has 118 valence electrons. The van der Waals surface area contributed by atoms with E-state index in [4.69, 9.17) is 5.73 Å². The fourth-order valence-electron chi connectivity index (χ4n) is 3.16. The summed E-state index contributed by atoms with van der Waals surface area (Å²) in [5.41, 5.74) is 7.52. The molecule has 1 aromatic rings. The van der Waals surface area contributed by atoms with Gasteiger partial charge in [-0.25, -0.2) is 13.1 Å². The average Bonchev–Trinajstić information content (AvgIpc) is 2.95. The van der Waals surface area contributed by atoms with Gasteiger partial charge in [0.15, 0.2) is 0 Å². The summed E-state index contributed by atoms with van der Waals surface area (Å²) in [6.07, 6.45) is 5.74. The summed E-state index contributed by atoms with van der Waals surface area (Å²) in [6, 6.07) is 7.47. The molecule has 0 radical (unpaired) electrons. The predicted molar refractivity (Wildman–Crippen MR) is 86.2 cm³/mol. The molecule has 0 unspecified atom stereocenters. The second-order valence-corrected chi connectivity index (χ2v) is 7.97. The summed E-state index contributed by atoms with van der Waals surface area (Å²) in [5, 5.41) is 0. The van der Waals surface area contributed by atoms with Crippen LogP contribution in [0.1, 0.15) is 50.2 Å². The van der Waals surface area contributed by atoms with Crippen molar-refractivity contribution in [2.75, 3.05) is 6.54 Å². The lowest BCUT2D eigenvalue weighted by Gasteiger charge is -2.27. The largest absolute Gasteiger partial charge is 0.326 e. The number of benzene rings is 1. The lowest BCUT2D eigenvalue weighted by Crippen LogP contribution is -2.36. The molecule has 0 heterocycles. The minimum absolute atomic E-state index is 0.0284. The van der Waals surface area contributed by atoms with E-state index in [2.05, 4.69) is 11.6 Å². The Labute approximate surface area is 128 Å². The van der Waals surface area contributed by atoms with E-state index in [1.165, 1.54) is 12.8 Å². The normalized spacial score (nSPS) is 18.0. The van der Waals surface area contributed by atoms with Gasteiger partial charge < -0.3 is 5.73 Å². The van der Waals surface area contributed by atoms with E-state index in [-0.39, 0.29) is 11.2 Å². The molecule has 1 aliphatic carbocycles. The standard InChI is InChI=1S/C16H26N2O2S/c1-2-16(8-3-4-9-16)13-18-21(19,20)12-15-7-5-6-14(10-15)11-17/h5-7,10,18H,2-4,8-9,11-13,17H2,1H3. The number of nitrogens with two attached hydrogens (primary N) is 1. The second-order valence-electron chi connectivity index (χ2n) is 6.16. The van der Waals surface area contributed by atoms with Crippen molar-refractivity contribution >= 4 is 10.0 Å². The first-order chi connectivity index (χ1) is 9.99. The van der Waals surface area contributed by atoms with E-state index in [1.54, 1.807) is 0 Å². The molecule has 0 aromatic heterocycles. The van der Waals surface area contributed by atoms with E-state index in [0.717, 1.165) is 30.4 Å². The van der Waals surface area contributed by atoms with E-state index >= 15 is 0 Å². The molecule has 0 atom stereocenters. The van der Waals surface area contributed by atoms with Gasteiger partial charge in [0.05, 0.1) is 5.75 Å². The number of hydrogen-bond acceptors (Lipinski definition) is 3. The highest BCUT2D eigenvalue weighted by Gasteiger charge is 2.32. The van der Waals surface area contributed by atoms with Crippen molar-refractivity contribution in [2.45, 2.75) is 51.3 Å². The summed E-state index contributed by atoms with van der Waals surface area (Å²) in [7, 11) is -3.29. The van der Waals surface area contributed by atoms with E-state index in [9.17, 15) is 8.42 Å². The highest BCUT2D eigenvalue weighted by Crippen LogP contribution is 2.40. The van der Waals surface area contributed by atoms with Crippen molar-refractivity contribution in [3.8, 4) is 0 Å². The summed E-state index contributed by atoms with van der Waals surface area (Å²) >= 11 is 0. The Hall–Kier alpha value is -0.910. The first-order valence-corrected chi connectivity index (χ1v) is 9.39. The van der Waals surface area contributed by atoms with Gasteiger partial charge in [0.1, 0.15) is 0 Å². The van der Waals surface area contributed by atoms with Gasteiger partial charge in [-0.15, -0.1) is 0 Å². The van der Waals surface area contributed by atoms with Gasteiger partial charge in [0.2, 0.25) is 10.0 Å². The van der Waals surface area contributed by atoms with Gasteiger partial charge in [0.25, 0.3) is 0 Å². The van der Waals surface area contributed by atoms with Crippen LogP contribution in [0.5, 0.6) is 0 Å². The first kappa shape index (κ1) is 16.5. The summed E-state index contributed by atoms with van der Waals surface area (Å²) in [5.74, 6) is 0.0284. The van der Waals surface area contributed by atoms with Gasteiger partial charge in [-0.1, -0.05) is 44.0 Å². The summed E-state index contributed by atoms with van der Waals surface area (Å²) in [6.45, 7) is 3.16. The third-order valence-electron chi connectivity index (χ3n) is 4.67. The molecule has 5 heteroatoms. The van der Waals surface area contributed by atoms with Gasteiger partial charge in [-0.2, -0.15) is 0 Å². The zero-order chi connectivity index (χ0) is 15.3. The van der Waals surface area contributed by atoms with Gasteiger partial charge >= 0.3 is 0 Å². The van der Waals surface area contributed by atoms with Crippen LogP contribution in [0.2, 0.25) is 0 Å². The van der Waals surface area contributed by atoms with Crippen LogP contribution in [-0.2, 0) is 22.3 Å². The lowest BCUT2D eigenvalue weighted by molar-refractivity contribution is 0.285. The third-order valence-corrected chi connectivity index (χ3v) is 5.96. The maximum atomic E-state index is 12.3. The molecule has 1 aliphatic rings. The molecular weight excluding hydrogens is 284 g/mol. The Bertz CT molecular complexity index is 563. The molecule has 21 heavy (non-hydrogen) atoms. The molecule has 3 N–H and O–H groups in total. The Morgan fingerprint density at radius 2 is 1.90 bits per heavy atom. The number of hydrogen-bond donors (Lipinski definition) is 2. The molecule has 4 nitrogen and oxygen atoms in total. The van der Waals surface area contributed by atoms with Crippen molar-refractivity contribution in [3.05, 3.63) is 35.4 Å².